The highest BCUT2D eigenvalue weighted by Gasteiger charge is 2.19. The lowest BCUT2D eigenvalue weighted by Gasteiger charge is -2.16. The summed E-state index contributed by atoms with van der Waals surface area (Å²) in [6.45, 7) is 3.45. The Morgan fingerprint density at radius 3 is 2.64 bits per heavy atom. The van der Waals surface area contributed by atoms with Crippen molar-refractivity contribution in [1.29, 1.82) is 0 Å². The van der Waals surface area contributed by atoms with Crippen molar-refractivity contribution < 1.29 is 19.2 Å². The van der Waals surface area contributed by atoms with E-state index in [1.165, 1.54) is 19.1 Å². The highest BCUT2D eigenvalue weighted by Crippen LogP contribution is 2.26. The number of amides is 1. The van der Waals surface area contributed by atoms with E-state index in [-0.39, 0.29) is 17.0 Å². The molecule has 0 spiro atoms. The van der Waals surface area contributed by atoms with E-state index in [2.05, 4.69) is 21.2 Å². The zero-order valence-electron chi connectivity index (χ0n) is 13.5. The predicted molar refractivity (Wildman–Crippen MR) is 96.1 cm³/mol. The van der Waals surface area contributed by atoms with Gasteiger partial charge in [-0.2, -0.15) is 0 Å². The highest BCUT2D eigenvalue weighted by molar-refractivity contribution is 9.10. The highest BCUT2D eigenvalue weighted by atomic mass is 79.9. The molecule has 0 heterocycles. The zero-order chi connectivity index (χ0) is 18.6. The Morgan fingerprint density at radius 2 is 2.04 bits per heavy atom. The number of hydrogen-bond acceptors (Lipinski definition) is 5. The Bertz CT molecular complexity index is 838. The van der Waals surface area contributed by atoms with Gasteiger partial charge in [-0.05, 0) is 53.5 Å². The zero-order valence-corrected chi connectivity index (χ0v) is 15.1. The largest absolute Gasteiger partial charge is 0.480 e. The number of aldehydes is 1. The van der Waals surface area contributed by atoms with Gasteiger partial charge in [0.05, 0.1) is 16.2 Å². The lowest BCUT2D eigenvalue weighted by molar-refractivity contribution is -0.384. The summed E-state index contributed by atoms with van der Waals surface area (Å²) in [7, 11) is 0. The van der Waals surface area contributed by atoms with Gasteiger partial charge in [-0.3, -0.25) is 19.7 Å². The Labute approximate surface area is 152 Å². The van der Waals surface area contributed by atoms with Crippen LogP contribution in [-0.2, 0) is 4.79 Å². The van der Waals surface area contributed by atoms with Gasteiger partial charge in [0, 0.05) is 16.6 Å². The molecular formula is C17H15BrN2O5. The fourth-order valence-electron chi connectivity index (χ4n) is 2.05. The summed E-state index contributed by atoms with van der Waals surface area (Å²) in [5.74, 6) is -0.314. The molecule has 2 aromatic rings. The molecule has 0 unspecified atom stereocenters. The first kappa shape index (κ1) is 18.6. The summed E-state index contributed by atoms with van der Waals surface area (Å²) in [5.41, 5.74) is 1.40. The summed E-state index contributed by atoms with van der Waals surface area (Å²) in [6.07, 6.45) is -0.461. The Hall–Kier alpha value is -2.74. The summed E-state index contributed by atoms with van der Waals surface area (Å²) >= 11 is 3.37. The molecule has 0 aliphatic heterocycles. The maximum absolute atomic E-state index is 12.3. The molecule has 0 bridgehead atoms. The van der Waals surface area contributed by atoms with Gasteiger partial charge in [-0.1, -0.05) is 6.07 Å². The first-order valence-corrected chi connectivity index (χ1v) is 8.08. The molecule has 7 nitrogen and oxygen atoms in total. The quantitative estimate of drug-likeness (QED) is 0.445. The number of non-ortho nitro benzene ring substituents is 1. The number of benzene rings is 2. The number of hydrogen-bond donors (Lipinski definition) is 1. The van der Waals surface area contributed by atoms with Crippen molar-refractivity contribution in [3.8, 4) is 5.75 Å². The van der Waals surface area contributed by atoms with E-state index in [4.69, 9.17) is 4.74 Å². The van der Waals surface area contributed by atoms with Crippen LogP contribution in [-0.4, -0.2) is 23.2 Å². The number of nitro benzene ring substituents is 1. The van der Waals surface area contributed by atoms with Gasteiger partial charge in [0.25, 0.3) is 11.6 Å². The summed E-state index contributed by atoms with van der Waals surface area (Å²) in [5, 5.41) is 13.5. The minimum Gasteiger partial charge on any atom is -0.480 e. The predicted octanol–water partition coefficient (Wildman–Crippen LogP) is 3.88. The first-order chi connectivity index (χ1) is 11.8. The maximum Gasteiger partial charge on any atom is 0.270 e. The molecule has 130 valence electrons. The number of rotatable bonds is 6. The Balaban J connectivity index is 2.13. The molecule has 1 N–H and O–H groups in total. The summed E-state index contributed by atoms with van der Waals surface area (Å²) < 4.78 is 6.22. The van der Waals surface area contributed by atoms with Crippen LogP contribution in [0.3, 0.4) is 0 Å². The van der Waals surface area contributed by atoms with Gasteiger partial charge in [0.1, 0.15) is 5.75 Å². The molecule has 1 atom stereocenters. The summed E-state index contributed by atoms with van der Waals surface area (Å²) in [6, 6.07) is 9.09. The van der Waals surface area contributed by atoms with E-state index >= 15 is 0 Å². The second kappa shape index (κ2) is 7.89. The lowest BCUT2D eigenvalue weighted by atomic mass is 10.2. The molecule has 0 fully saturated rings. The number of anilines is 1. The van der Waals surface area contributed by atoms with E-state index in [0.29, 0.717) is 12.0 Å². The van der Waals surface area contributed by atoms with Gasteiger partial charge in [-0.15, -0.1) is 0 Å². The van der Waals surface area contributed by atoms with Crippen LogP contribution >= 0.6 is 15.9 Å². The van der Waals surface area contributed by atoms with E-state index < -0.39 is 16.9 Å². The number of carbonyl (C=O) groups is 2. The van der Waals surface area contributed by atoms with Crippen LogP contribution in [0.2, 0.25) is 0 Å². The van der Waals surface area contributed by atoms with Crippen LogP contribution in [0, 0.1) is 17.0 Å². The van der Waals surface area contributed by atoms with Crippen molar-refractivity contribution in [2.75, 3.05) is 5.32 Å². The van der Waals surface area contributed by atoms with Crippen molar-refractivity contribution in [2.24, 2.45) is 0 Å². The minimum atomic E-state index is -0.909. The van der Waals surface area contributed by atoms with E-state index in [1.54, 1.807) is 6.07 Å². The third-order valence-electron chi connectivity index (χ3n) is 3.39. The number of carbonyl (C=O) groups excluding carboxylic acids is 2. The fourth-order valence-corrected chi connectivity index (χ4v) is 2.64. The van der Waals surface area contributed by atoms with Crippen molar-refractivity contribution in [3.05, 3.63) is 62.1 Å². The molecular weight excluding hydrogens is 392 g/mol. The Morgan fingerprint density at radius 1 is 1.32 bits per heavy atom. The average Bonchev–Trinajstić information content (AvgIpc) is 2.57. The van der Waals surface area contributed by atoms with Gasteiger partial charge in [0.2, 0.25) is 0 Å². The van der Waals surface area contributed by atoms with Gasteiger partial charge in [-0.25, -0.2) is 0 Å². The van der Waals surface area contributed by atoms with E-state index in [9.17, 15) is 19.7 Å². The van der Waals surface area contributed by atoms with Crippen LogP contribution < -0.4 is 10.1 Å². The molecule has 2 rings (SSSR count). The number of aryl methyl sites for hydroxylation is 1. The maximum atomic E-state index is 12.3. The SMILES string of the molecule is Cc1ccc(NC(=O)[C@@H](C)Oc2ccc([N+](=O)[O-])cc2C=O)c(Br)c1. The second-order valence-corrected chi connectivity index (χ2v) is 6.18. The molecule has 0 saturated heterocycles. The van der Waals surface area contributed by atoms with Gasteiger partial charge < -0.3 is 10.1 Å². The molecule has 0 saturated carbocycles. The summed E-state index contributed by atoms with van der Waals surface area (Å²) in [4.78, 5) is 33.5. The standard InChI is InChI=1S/C17H15BrN2O5/c1-10-3-5-15(14(18)7-10)19-17(22)11(2)25-16-6-4-13(20(23)24)8-12(16)9-21/h3-9,11H,1-2H3,(H,19,22)/t11-/m1/s1. The van der Waals surface area contributed by atoms with Crippen LogP contribution in [0.1, 0.15) is 22.8 Å². The van der Waals surface area contributed by atoms with E-state index in [0.717, 1.165) is 16.1 Å². The molecule has 0 aromatic heterocycles. The molecule has 0 radical (unpaired) electrons. The first-order valence-electron chi connectivity index (χ1n) is 7.29. The van der Waals surface area contributed by atoms with Gasteiger partial charge >= 0.3 is 0 Å². The van der Waals surface area contributed by atoms with Crippen molar-refractivity contribution >= 4 is 39.5 Å². The van der Waals surface area contributed by atoms with Crippen molar-refractivity contribution in [2.45, 2.75) is 20.0 Å². The Kier molecular flexibility index (Phi) is 5.87. The third kappa shape index (κ3) is 4.63. The van der Waals surface area contributed by atoms with Crippen molar-refractivity contribution in [3.63, 3.8) is 0 Å². The number of nitro groups is 1. The fraction of sp³-hybridized carbons (Fsp3) is 0.176. The lowest BCUT2D eigenvalue weighted by Crippen LogP contribution is -2.30. The van der Waals surface area contributed by atoms with Crippen LogP contribution in [0.4, 0.5) is 11.4 Å². The van der Waals surface area contributed by atoms with Crippen LogP contribution in [0.25, 0.3) is 0 Å². The smallest absolute Gasteiger partial charge is 0.270 e. The average molecular weight is 407 g/mol. The molecule has 0 aliphatic rings. The molecule has 8 heteroatoms. The number of nitrogens with one attached hydrogen (secondary N) is 1. The van der Waals surface area contributed by atoms with Crippen LogP contribution in [0.5, 0.6) is 5.75 Å². The van der Waals surface area contributed by atoms with Crippen LogP contribution in [0.15, 0.2) is 40.9 Å². The third-order valence-corrected chi connectivity index (χ3v) is 4.04. The number of halogens is 1. The molecule has 0 aliphatic carbocycles. The monoisotopic (exact) mass is 406 g/mol. The van der Waals surface area contributed by atoms with Gasteiger partial charge in [0.15, 0.2) is 12.4 Å². The number of nitrogens with zero attached hydrogens (tertiary/aromatic N) is 1. The topological polar surface area (TPSA) is 98.5 Å². The second-order valence-electron chi connectivity index (χ2n) is 5.33. The number of ether oxygens (including phenoxy) is 1. The normalized spacial score (nSPS) is 11.5. The minimum absolute atomic E-state index is 0.00497. The molecule has 25 heavy (non-hydrogen) atoms. The molecule has 2 aromatic carbocycles. The molecule has 1 amide bonds. The van der Waals surface area contributed by atoms with Crippen molar-refractivity contribution in [1.82, 2.24) is 0 Å². The van der Waals surface area contributed by atoms with E-state index in [1.807, 2.05) is 19.1 Å².